The SMILES string of the molecule is Cc1cc(-c2cc(-c3cc(S(=O)(=O)N4CCC[C@H]4CO)ccc3C)cnc2N)on1.O=C(O)C(F)(F)F. The topological polar surface area (TPSA) is 160 Å². The van der Waals surface area contributed by atoms with E-state index in [1.54, 1.807) is 30.5 Å². The number of pyridine rings is 1. The minimum Gasteiger partial charge on any atom is -0.475 e. The van der Waals surface area contributed by atoms with E-state index in [-0.39, 0.29) is 17.5 Å². The van der Waals surface area contributed by atoms with Crippen molar-refractivity contribution in [3.8, 4) is 22.5 Å². The molecule has 3 heterocycles. The number of anilines is 1. The van der Waals surface area contributed by atoms with Gasteiger partial charge in [0.1, 0.15) is 5.82 Å². The molecule has 1 aromatic carbocycles. The number of hydrogen-bond donors (Lipinski definition) is 3. The molecule has 37 heavy (non-hydrogen) atoms. The maximum absolute atomic E-state index is 13.2. The number of nitrogen functional groups attached to an aromatic ring is 1. The van der Waals surface area contributed by atoms with Crippen molar-refractivity contribution in [2.24, 2.45) is 0 Å². The number of aliphatic carboxylic acids is 1. The first-order valence-corrected chi connectivity index (χ1v) is 12.4. The van der Waals surface area contributed by atoms with E-state index in [0.717, 1.165) is 28.8 Å². The summed E-state index contributed by atoms with van der Waals surface area (Å²) in [6.45, 7) is 3.96. The number of aromatic nitrogens is 2. The Bertz CT molecular complexity index is 1390. The fourth-order valence-electron chi connectivity index (χ4n) is 3.83. The predicted octanol–water partition coefficient (Wildman–Crippen LogP) is 3.38. The maximum Gasteiger partial charge on any atom is 0.490 e. The Kier molecular flexibility index (Phi) is 8.25. The van der Waals surface area contributed by atoms with Gasteiger partial charge in [0.05, 0.1) is 22.8 Å². The summed E-state index contributed by atoms with van der Waals surface area (Å²) in [5.74, 6) is -1.95. The fraction of sp³-hybridized carbons (Fsp3) is 0.348. The second-order valence-electron chi connectivity index (χ2n) is 8.36. The first-order chi connectivity index (χ1) is 17.3. The zero-order valence-electron chi connectivity index (χ0n) is 19.9. The van der Waals surface area contributed by atoms with Crippen molar-refractivity contribution in [2.45, 2.75) is 43.8 Å². The van der Waals surface area contributed by atoms with Crippen molar-refractivity contribution in [3.63, 3.8) is 0 Å². The summed E-state index contributed by atoms with van der Waals surface area (Å²) in [5, 5.41) is 20.6. The smallest absolute Gasteiger partial charge is 0.475 e. The van der Waals surface area contributed by atoms with Crippen molar-refractivity contribution in [3.05, 3.63) is 47.8 Å². The lowest BCUT2D eigenvalue weighted by Crippen LogP contribution is -2.37. The Morgan fingerprint density at radius 1 is 1.22 bits per heavy atom. The van der Waals surface area contributed by atoms with E-state index in [4.69, 9.17) is 20.2 Å². The van der Waals surface area contributed by atoms with Crippen LogP contribution in [-0.4, -0.2) is 64.4 Å². The van der Waals surface area contributed by atoms with E-state index in [1.807, 2.05) is 19.9 Å². The van der Waals surface area contributed by atoms with E-state index >= 15 is 0 Å². The highest BCUT2D eigenvalue weighted by Crippen LogP contribution is 2.34. The Morgan fingerprint density at radius 3 is 2.46 bits per heavy atom. The van der Waals surface area contributed by atoms with Gasteiger partial charge >= 0.3 is 12.1 Å². The number of aryl methyl sites for hydroxylation is 2. The Balaban J connectivity index is 0.000000479. The lowest BCUT2D eigenvalue weighted by atomic mass is 10.00. The number of nitrogens with zero attached hydrogens (tertiary/aromatic N) is 3. The number of sulfonamides is 1. The molecule has 0 bridgehead atoms. The molecular formula is C23H25F3N4O6S. The van der Waals surface area contributed by atoms with Gasteiger partial charge in [-0.1, -0.05) is 11.2 Å². The van der Waals surface area contributed by atoms with Gasteiger partial charge in [-0.2, -0.15) is 17.5 Å². The fourth-order valence-corrected chi connectivity index (χ4v) is 5.54. The summed E-state index contributed by atoms with van der Waals surface area (Å²) < 4.78 is 64.9. The quantitative estimate of drug-likeness (QED) is 0.439. The van der Waals surface area contributed by atoms with Crippen molar-refractivity contribution in [2.75, 3.05) is 18.9 Å². The van der Waals surface area contributed by atoms with Gasteiger partial charge in [0.15, 0.2) is 5.76 Å². The number of benzene rings is 1. The number of aliphatic hydroxyl groups excluding tert-OH is 1. The molecular weight excluding hydrogens is 517 g/mol. The predicted molar refractivity (Wildman–Crippen MR) is 127 cm³/mol. The summed E-state index contributed by atoms with van der Waals surface area (Å²) in [6, 6.07) is 8.26. The van der Waals surface area contributed by atoms with Gasteiger partial charge < -0.3 is 20.5 Å². The highest BCUT2D eigenvalue weighted by molar-refractivity contribution is 7.89. The Hall–Kier alpha value is -3.49. The molecule has 0 amide bonds. The molecule has 1 fully saturated rings. The third-order valence-electron chi connectivity index (χ3n) is 5.71. The van der Waals surface area contributed by atoms with Gasteiger partial charge in [-0.05, 0) is 56.0 Å². The molecule has 1 saturated heterocycles. The molecule has 1 aliphatic rings. The van der Waals surface area contributed by atoms with Crippen LogP contribution in [0.3, 0.4) is 0 Å². The molecule has 200 valence electrons. The van der Waals surface area contributed by atoms with Crippen LogP contribution in [0.2, 0.25) is 0 Å². The highest BCUT2D eigenvalue weighted by atomic mass is 32.2. The van der Waals surface area contributed by atoms with Crippen LogP contribution in [0.25, 0.3) is 22.5 Å². The zero-order valence-corrected chi connectivity index (χ0v) is 20.7. The van der Waals surface area contributed by atoms with Gasteiger partial charge in [0.25, 0.3) is 0 Å². The van der Waals surface area contributed by atoms with Crippen LogP contribution in [0.5, 0.6) is 0 Å². The molecule has 0 aliphatic carbocycles. The molecule has 0 unspecified atom stereocenters. The molecule has 4 N–H and O–H groups in total. The molecule has 0 saturated carbocycles. The number of carboxylic acid groups (broad SMARTS) is 1. The van der Waals surface area contributed by atoms with E-state index in [0.29, 0.717) is 30.1 Å². The minimum atomic E-state index is -5.08. The molecule has 10 nitrogen and oxygen atoms in total. The standard InChI is InChI=1S/C21H24N4O4S.C2HF3O2/c1-13-5-6-17(30(27,28)25-7-3-4-16(25)12-26)10-18(13)15-9-19(21(22)23-11-15)20-8-14(2)24-29-20;3-2(4,5)1(6)7/h5-6,8-11,16,26H,3-4,7,12H2,1-2H3,(H2,22,23);(H,6,7)/t16-;/m0./s1. The maximum atomic E-state index is 13.2. The third kappa shape index (κ3) is 6.26. The van der Waals surface area contributed by atoms with Crippen LogP contribution in [-0.2, 0) is 14.8 Å². The lowest BCUT2D eigenvalue weighted by molar-refractivity contribution is -0.192. The van der Waals surface area contributed by atoms with Gasteiger partial charge in [0.2, 0.25) is 10.0 Å². The second kappa shape index (κ2) is 10.9. The molecule has 4 rings (SSSR count). The number of nitrogens with two attached hydrogens (primary N) is 1. The number of hydrogen-bond acceptors (Lipinski definition) is 8. The largest absolute Gasteiger partial charge is 0.490 e. The third-order valence-corrected chi connectivity index (χ3v) is 7.66. The summed E-state index contributed by atoms with van der Waals surface area (Å²) >= 11 is 0. The molecule has 2 aromatic heterocycles. The first kappa shape index (κ1) is 28.1. The molecule has 14 heteroatoms. The summed E-state index contributed by atoms with van der Waals surface area (Å²) in [7, 11) is -3.71. The van der Waals surface area contributed by atoms with E-state index < -0.39 is 22.2 Å². The van der Waals surface area contributed by atoms with Crippen molar-refractivity contribution in [1.82, 2.24) is 14.4 Å². The highest BCUT2D eigenvalue weighted by Gasteiger charge is 2.38. The number of aliphatic hydroxyl groups is 1. The minimum absolute atomic E-state index is 0.181. The summed E-state index contributed by atoms with van der Waals surface area (Å²) in [4.78, 5) is 13.4. The van der Waals surface area contributed by atoms with E-state index in [9.17, 15) is 26.7 Å². The van der Waals surface area contributed by atoms with Crippen LogP contribution in [0.4, 0.5) is 19.0 Å². The average molecular weight is 543 g/mol. The number of carbonyl (C=O) groups is 1. The molecule has 0 radical (unpaired) electrons. The van der Waals surface area contributed by atoms with Crippen LogP contribution in [0, 0.1) is 13.8 Å². The zero-order chi connectivity index (χ0) is 27.5. The van der Waals surface area contributed by atoms with Gasteiger partial charge in [-0.25, -0.2) is 18.2 Å². The number of rotatable bonds is 5. The van der Waals surface area contributed by atoms with Crippen molar-refractivity contribution < 1.29 is 41.1 Å². The van der Waals surface area contributed by atoms with Crippen LogP contribution < -0.4 is 5.73 Å². The normalized spacial score (nSPS) is 16.3. The Labute approximate surface area is 210 Å². The lowest BCUT2D eigenvalue weighted by Gasteiger charge is -2.23. The van der Waals surface area contributed by atoms with Crippen LogP contribution in [0.15, 0.2) is 45.9 Å². The average Bonchev–Trinajstić information content (AvgIpc) is 3.49. The number of halogens is 3. The van der Waals surface area contributed by atoms with Crippen LogP contribution in [0.1, 0.15) is 24.1 Å². The van der Waals surface area contributed by atoms with Crippen molar-refractivity contribution in [1.29, 1.82) is 0 Å². The number of alkyl halides is 3. The van der Waals surface area contributed by atoms with E-state index in [2.05, 4.69) is 10.1 Å². The second-order valence-corrected chi connectivity index (χ2v) is 10.3. The Morgan fingerprint density at radius 2 is 1.89 bits per heavy atom. The van der Waals surface area contributed by atoms with Gasteiger partial charge in [0, 0.05) is 30.4 Å². The summed E-state index contributed by atoms with van der Waals surface area (Å²) in [6.07, 6.45) is -2.06. The molecule has 3 aromatic rings. The first-order valence-electron chi connectivity index (χ1n) is 11.0. The van der Waals surface area contributed by atoms with E-state index in [1.165, 1.54) is 4.31 Å². The van der Waals surface area contributed by atoms with Gasteiger partial charge in [-0.3, -0.25) is 0 Å². The molecule has 1 aliphatic heterocycles. The van der Waals surface area contributed by atoms with Crippen molar-refractivity contribution >= 4 is 21.8 Å². The molecule has 0 spiro atoms. The molecule has 1 atom stereocenters. The van der Waals surface area contributed by atoms with Gasteiger partial charge in [-0.15, -0.1) is 0 Å². The monoisotopic (exact) mass is 542 g/mol. The van der Waals surface area contributed by atoms with Crippen LogP contribution >= 0.6 is 0 Å². The number of carboxylic acids is 1. The summed E-state index contributed by atoms with van der Waals surface area (Å²) in [5.41, 5.74) is 9.72.